The highest BCUT2D eigenvalue weighted by Crippen LogP contribution is 2.48. The molecule has 1 aliphatic carbocycles. The Labute approximate surface area is 154 Å². The van der Waals surface area contributed by atoms with E-state index in [2.05, 4.69) is 20.6 Å². The van der Waals surface area contributed by atoms with Crippen LogP contribution < -0.4 is 10.6 Å². The van der Waals surface area contributed by atoms with Gasteiger partial charge in [-0.1, -0.05) is 18.2 Å². The fraction of sp³-hybridized carbons (Fsp3) is 0.444. The first kappa shape index (κ1) is 18.7. The molecule has 4 nitrogen and oxygen atoms in total. The van der Waals surface area contributed by atoms with Crippen LogP contribution in [0.25, 0.3) is 0 Å². The Morgan fingerprint density at radius 1 is 1.31 bits per heavy atom. The molecule has 0 bridgehead atoms. The van der Waals surface area contributed by atoms with E-state index in [0.29, 0.717) is 19.0 Å². The van der Waals surface area contributed by atoms with Crippen molar-refractivity contribution in [2.75, 3.05) is 13.6 Å². The number of halogens is 3. The number of rotatable bonds is 5. The van der Waals surface area contributed by atoms with Crippen LogP contribution >= 0.6 is 11.3 Å². The van der Waals surface area contributed by atoms with Gasteiger partial charge < -0.3 is 10.6 Å². The first-order chi connectivity index (χ1) is 12.3. The van der Waals surface area contributed by atoms with Crippen molar-refractivity contribution in [1.29, 1.82) is 0 Å². The number of benzene rings is 1. The highest BCUT2D eigenvalue weighted by atomic mass is 32.1. The number of nitrogens with one attached hydrogen (secondary N) is 2. The summed E-state index contributed by atoms with van der Waals surface area (Å²) in [6.07, 6.45) is -0.762. The van der Waals surface area contributed by atoms with Gasteiger partial charge in [-0.3, -0.25) is 4.99 Å². The third-order valence-corrected chi connectivity index (χ3v) is 5.46. The smallest absolute Gasteiger partial charge is 0.356 e. The SMILES string of the molecule is CN=C(NCc1ncc(C)s1)NCC1(c2cccc(C(F)(F)F)c2)CC1. The molecule has 1 aliphatic rings. The summed E-state index contributed by atoms with van der Waals surface area (Å²) in [5, 5.41) is 7.40. The number of aryl methyl sites for hydroxylation is 1. The predicted molar refractivity (Wildman–Crippen MR) is 97.4 cm³/mol. The van der Waals surface area contributed by atoms with Gasteiger partial charge in [0.25, 0.3) is 0 Å². The van der Waals surface area contributed by atoms with Crippen molar-refractivity contribution in [3.63, 3.8) is 0 Å². The molecule has 0 amide bonds. The van der Waals surface area contributed by atoms with E-state index < -0.39 is 11.7 Å². The lowest BCUT2D eigenvalue weighted by molar-refractivity contribution is -0.137. The second-order valence-electron chi connectivity index (χ2n) is 6.50. The van der Waals surface area contributed by atoms with Crippen molar-refractivity contribution in [2.24, 2.45) is 4.99 Å². The molecule has 140 valence electrons. The highest BCUT2D eigenvalue weighted by molar-refractivity contribution is 7.11. The lowest BCUT2D eigenvalue weighted by atomic mass is 9.94. The van der Waals surface area contributed by atoms with E-state index in [-0.39, 0.29) is 5.41 Å². The van der Waals surface area contributed by atoms with Gasteiger partial charge in [0.05, 0.1) is 12.1 Å². The average Bonchev–Trinajstić information content (AvgIpc) is 3.29. The second kappa shape index (κ2) is 7.26. The minimum Gasteiger partial charge on any atom is -0.356 e. The molecular weight excluding hydrogens is 361 g/mol. The Bertz CT molecular complexity index is 794. The molecule has 1 aromatic carbocycles. The maximum absolute atomic E-state index is 13.0. The van der Waals surface area contributed by atoms with Crippen molar-refractivity contribution >= 4 is 17.3 Å². The zero-order chi connectivity index (χ0) is 18.8. The summed E-state index contributed by atoms with van der Waals surface area (Å²) >= 11 is 1.61. The molecule has 0 unspecified atom stereocenters. The zero-order valence-electron chi connectivity index (χ0n) is 14.7. The maximum Gasteiger partial charge on any atom is 0.416 e. The molecule has 0 radical (unpaired) electrons. The van der Waals surface area contributed by atoms with Crippen LogP contribution in [0, 0.1) is 6.92 Å². The lowest BCUT2D eigenvalue weighted by Crippen LogP contribution is -2.40. The van der Waals surface area contributed by atoms with Gasteiger partial charge in [-0.15, -0.1) is 11.3 Å². The van der Waals surface area contributed by atoms with E-state index in [9.17, 15) is 13.2 Å². The fourth-order valence-electron chi connectivity index (χ4n) is 2.86. The number of hydrogen-bond acceptors (Lipinski definition) is 3. The van der Waals surface area contributed by atoms with Crippen molar-refractivity contribution in [1.82, 2.24) is 15.6 Å². The number of hydrogen-bond donors (Lipinski definition) is 2. The third-order valence-electron chi connectivity index (χ3n) is 4.55. The number of nitrogens with zero attached hydrogens (tertiary/aromatic N) is 2. The van der Waals surface area contributed by atoms with Gasteiger partial charge in [0.15, 0.2) is 5.96 Å². The monoisotopic (exact) mass is 382 g/mol. The van der Waals surface area contributed by atoms with E-state index in [1.807, 2.05) is 13.1 Å². The van der Waals surface area contributed by atoms with E-state index in [0.717, 1.165) is 34.4 Å². The molecule has 0 saturated heterocycles. The average molecular weight is 382 g/mol. The predicted octanol–water partition coefficient (Wildman–Crippen LogP) is 3.87. The molecule has 2 N–H and O–H groups in total. The summed E-state index contributed by atoms with van der Waals surface area (Å²) in [6.45, 7) is 3.11. The van der Waals surface area contributed by atoms with Gasteiger partial charge in [-0.25, -0.2) is 4.98 Å². The zero-order valence-corrected chi connectivity index (χ0v) is 15.5. The first-order valence-electron chi connectivity index (χ1n) is 8.36. The maximum atomic E-state index is 13.0. The molecular formula is C18H21F3N4S. The van der Waals surface area contributed by atoms with Crippen LogP contribution in [0.15, 0.2) is 35.5 Å². The Kier molecular flexibility index (Phi) is 5.22. The van der Waals surface area contributed by atoms with Crippen LogP contribution in [-0.4, -0.2) is 24.5 Å². The van der Waals surface area contributed by atoms with Crippen LogP contribution in [0.3, 0.4) is 0 Å². The van der Waals surface area contributed by atoms with Gasteiger partial charge in [-0.05, 0) is 31.4 Å². The van der Waals surface area contributed by atoms with Crippen molar-refractivity contribution in [3.8, 4) is 0 Å². The van der Waals surface area contributed by atoms with Crippen LogP contribution in [0.5, 0.6) is 0 Å². The molecule has 2 aromatic rings. The number of alkyl halides is 3. The molecule has 1 aromatic heterocycles. The molecule has 0 aliphatic heterocycles. The van der Waals surface area contributed by atoms with Gasteiger partial charge in [0.1, 0.15) is 5.01 Å². The Morgan fingerprint density at radius 3 is 2.65 bits per heavy atom. The van der Waals surface area contributed by atoms with E-state index in [1.54, 1.807) is 24.5 Å². The largest absolute Gasteiger partial charge is 0.416 e. The molecule has 0 atom stereocenters. The van der Waals surface area contributed by atoms with Crippen LogP contribution in [0.4, 0.5) is 13.2 Å². The van der Waals surface area contributed by atoms with E-state index in [4.69, 9.17) is 0 Å². The molecule has 26 heavy (non-hydrogen) atoms. The molecule has 1 heterocycles. The lowest BCUT2D eigenvalue weighted by Gasteiger charge is -2.20. The van der Waals surface area contributed by atoms with Crippen molar-refractivity contribution < 1.29 is 13.2 Å². The standard InChI is InChI=1S/C18H21F3N4S/c1-12-9-23-15(26-12)10-24-16(22-2)25-11-17(6-7-17)13-4-3-5-14(8-13)18(19,20)21/h3-5,8-9H,6-7,10-11H2,1-2H3,(H2,22,24,25). The number of guanidine groups is 1. The van der Waals surface area contributed by atoms with Gasteiger partial charge in [0.2, 0.25) is 0 Å². The highest BCUT2D eigenvalue weighted by Gasteiger charge is 2.45. The normalized spacial score (nSPS) is 16.4. The van der Waals surface area contributed by atoms with E-state index >= 15 is 0 Å². The summed E-state index contributed by atoms with van der Waals surface area (Å²) in [7, 11) is 1.67. The van der Waals surface area contributed by atoms with Gasteiger partial charge in [-0.2, -0.15) is 13.2 Å². The second-order valence-corrected chi connectivity index (χ2v) is 7.82. The van der Waals surface area contributed by atoms with Crippen LogP contribution in [0.1, 0.15) is 33.9 Å². The Morgan fingerprint density at radius 2 is 2.08 bits per heavy atom. The van der Waals surface area contributed by atoms with Crippen molar-refractivity contribution in [2.45, 2.75) is 37.9 Å². The van der Waals surface area contributed by atoms with E-state index in [1.165, 1.54) is 12.1 Å². The number of aliphatic imine (C=N–C) groups is 1. The van der Waals surface area contributed by atoms with Crippen LogP contribution in [0.2, 0.25) is 0 Å². The quantitative estimate of drug-likeness (QED) is 0.610. The van der Waals surface area contributed by atoms with Gasteiger partial charge >= 0.3 is 6.18 Å². The molecule has 8 heteroatoms. The number of aromatic nitrogens is 1. The summed E-state index contributed by atoms with van der Waals surface area (Å²) in [5.74, 6) is 0.621. The topological polar surface area (TPSA) is 49.3 Å². The first-order valence-corrected chi connectivity index (χ1v) is 9.18. The molecule has 3 rings (SSSR count). The minimum absolute atomic E-state index is 0.253. The molecule has 1 fully saturated rings. The number of thiazole rings is 1. The Balaban J connectivity index is 1.61. The summed E-state index contributed by atoms with van der Waals surface area (Å²) in [4.78, 5) is 9.62. The minimum atomic E-state index is -4.32. The summed E-state index contributed by atoms with van der Waals surface area (Å²) in [5.41, 5.74) is -0.120. The third kappa shape index (κ3) is 4.35. The van der Waals surface area contributed by atoms with Crippen LogP contribution in [-0.2, 0) is 18.1 Å². The Hall–Kier alpha value is -2.09. The fourth-order valence-corrected chi connectivity index (χ4v) is 3.59. The van der Waals surface area contributed by atoms with Gasteiger partial charge in [0, 0.05) is 30.1 Å². The molecule has 0 spiro atoms. The van der Waals surface area contributed by atoms with Crippen molar-refractivity contribution in [3.05, 3.63) is 51.5 Å². The summed E-state index contributed by atoms with van der Waals surface area (Å²) < 4.78 is 38.9. The summed E-state index contributed by atoms with van der Waals surface area (Å²) in [6, 6.07) is 5.64. The molecule has 1 saturated carbocycles.